The van der Waals surface area contributed by atoms with E-state index >= 15 is 0 Å². The van der Waals surface area contributed by atoms with Crippen LogP contribution in [-0.2, 0) is 0 Å². The molecular formula is C13H25N5. The lowest BCUT2D eigenvalue weighted by molar-refractivity contribution is 0.372. The van der Waals surface area contributed by atoms with Crippen molar-refractivity contribution in [2.75, 3.05) is 43.9 Å². The van der Waals surface area contributed by atoms with E-state index in [1.54, 1.807) is 6.33 Å². The van der Waals surface area contributed by atoms with E-state index in [-0.39, 0.29) is 0 Å². The Balaban J connectivity index is 2.83. The zero-order chi connectivity index (χ0) is 13.5. The number of hydrogen-bond donors (Lipinski definition) is 1. The maximum absolute atomic E-state index is 4.38. The van der Waals surface area contributed by atoms with E-state index in [0.29, 0.717) is 6.04 Å². The summed E-state index contributed by atoms with van der Waals surface area (Å²) in [6.07, 6.45) is 1.62. The summed E-state index contributed by atoms with van der Waals surface area (Å²) in [4.78, 5) is 13.1. The summed E-state index contributed by atoms with van der Waals surface area (Å²) in [6, 6.07) is 2.44. The van der Waals surface area contributed by atoms with Gasteiger partial charge in [-0.25, -0.2) is 9.97 Å². The van der Waals surface area contributed by atoms with Crippen molar-refractivity contribution in [2.24, 2.45) is 0 Å². The molecular weight excluding hydrogens is 226 g/mol. The Labute approximate surface area is 110 Å². The van der Waals surface area contributed by atoms with Crippen molar-refractivity contribution in [3.8, 4) is 0 Å². The molecule has 0 aromatic carbocycles. The molecule has 0 saturated carbocycles. The standard InChI is InChI=1S/C13H25N5/c1-6-14-12-8-13(16-10-15-12)18(7-2)11(3)9-17(4)5/h8,10-11H,6-7,9H2,1-5H3,(H,14,15,16). The lowest BCUT2D eigenvalue weighted by Crippen LogP contribution is -2.40. The first-order valence-electron chi connectivity index (χ1n) is 6.55. The third-order valence-corrected chi connectivity index (χ3v) is 2.81. The van der Waals surface area contributed by atoms with Crippen molar-refractivity contribution in [3.63, 3.8) is 0 Å². The number of anilines is 2. The van der Waals surface area contributed by atoms with Crippen molar-refractivity contribution in [1.82, 2.24) is 14.9 Å². The fourth-order valence-electron chi connectivity index (χ4n) is 2.11. The third-order valence-electron chi connectivity index (χ3n) is 2.81. The zero-order valence-electron chi connectivity index (χ0n) is 12.1. The number of rotatable bonds is 7. The minimum atomic E-state index is 0.425. The van der Waals surface area contributed by atoms with E-state index in [1.807, 2.05) is 6.07 Å². The minimum absolute atomic E-state index is 0.425. The van der Waals surface area contributed by atoms with E-state index in [0.717, 1.165) is 31.3 Å². The number of nitrogens with one attached hydrogen (secondary N) is 1. The van der Waals surface area contributed by atoms with Gasteiger partial charge in [0.15, 0.2) is 0 Å². The third kappa shape index (κ3) is 4.14. The minimum Gasteiger partial charge on any atom is -0.370 e. The highest BCUT2D eigenvalue weighted by molar-refractivity contribution is 5.48. The first-order chi connectivity index (χ1) is 8.58. The Morgan fingerprint density at radius 2 is 2.00 bits per heavy atom. The molecule has 18 heavy (non-hydrogen) atoms. The van der Waals surface area contributed by atoms with Crippen LogP contribution in [0.15, 0.2) is 12.4 Å². The Morgan fingerprint density at radius 1 is 1.28 bits per heavy atom. The second-order valence-electron chi connectivity index (χ2n) is 4.69. The van der Waals surface area contributed by atoms with Crippen LogP contribution in [0.3, 0.4) is 0 Å². The van der Waals surface area contributed by atoms with E-state index in [4.69, 9.17) is 0 Å². The highest BCUT2D eigenvalue weighted by Gasteiger charge is 2.15. The van der Waals surface area contributed by atoms with Gasteiger partial charge < -0.3 is 15.1 Å². The molecule has 0 amide bonds. The average Bonchev–Trinajstić information content (AvgIpc) is 2.30. The number of hydrogen-bond acceptors (Lipinski definition) is 5. The molecule has 0 fully saturated rings. The molecule has 1 atom stereocenters. The molecule has 0 bridgehead atoms. The molecule has 1 rings (SSSR count). The second-order valence-corrected chi connectivity index (χ2v) is 4.69. The van der Waals surface area contributed by atoms with E-state index in [1.165, 1.54) is 0 Å². The molecule has 1 aromatic rings. The summed E-state index contributed by atoms with van der Waals surface area (Å²) in [5, 5.41) is 3.22. The van der Waals surface area contributed by atoms with Gasteiger partial charge in [0.2, 0.25) is 0 Å². The van der Waals surface area contributed by atoms with Crippen LogP contribution in [0, 0.1) is 0 Å². The maximum Gasteiger partial charge on any atom is 0.134 e. The lowest BCUT2D eigenvalue weighted by Gasteiger charge is -2.31. The van der Waals surface area contributed by atoms with E-state index < -0.39 is 0 Å². The van der Waals surface area contributed by atoms with Crippen molar-refractivity contribution in [2.45, 2.75) is 26.8 Å². The molecule has 0 spiro atoms. The molecule has 0 radical (unpaired) electrons. The molecule has 1 aromatic heterocycles. The van der Waals surface area contributed by atoms with Gasteiger partial charge in [-0.15, -0.1) is 0 Å². The highest BCUT2D eigenvalue weighted by atomic mass is 15.2. The summed E-state index contributed by atoms with van der Waals surface area (Å²) in [6.45, 7) is 9.26. The largest absolute Gasteiger partial charge is 0.370 e. The van der Waals surface area contributed by atoms with Crippen molar-refractivity contribution >= 4 is 11.6 Å². The summed E-state index contributed by atoms with van der Waals surface area (Å²) >= 11 is 0. The van der Waals surface area contributed by atoms with Crippen LogP contribution in [0.4, 0.5) is 11.6 Å². The molecule has 102 valence electrons. The maximum atomic E-state index is 4.38. The van der Waals surface area contributed by atoms with Crippen LogP contribution in [-0.4, -0.2) is 54.6 Å². The highest BCUT2D eigenvalue weighted by Crippen LogP contribution is 2.16. The van der Waals surface area contributed by atoms with Gasteiger partial charge in [0.05, 0.1) is 0 Å². The van der Waals surface area contributed by atoms with Gasteiger partial charge in [-0.05, 0) is 34.9 Å². The van der Waals surface area contributed by atoms with Gasteiger partial charge in [0.25, 0.3) is 0 Å². The van der Waals surface area contributed by atoms with Gasteiger partial charge in [0, 0.05) is 31.7 Å². The van der Waals surface area contributed by atoms with E-state index in [9.17, 15) is 0 Å². The topological polar surface area (TPSA) is 44.3 Å². The normalized spacial score (nSPS) is 12.6. The van der Waals surface area contributed by atoms with Crippen molar-refractivity contribution in [3.05, 3.63) is 12.4 Å². The van der Waals surface area contributed by atoms with Gasteiger partial charge in [-0.1, -0.05) is 0 Å². The summed E-state index contributed by atoms with van der Waals surface area (Å²) < 4.78 is 0. The molecule has 1 N–H and O–H groups in total. The first-order valence-corrected chi connectivity index (χ1v) is 6.55. The molecule has 1 heterocycles. The molecule has 5 nitrogen and oxygen atoms in total. The molecule has 0 aliphatic heterocycles. The Hall–Kier alpha value is -1.36. The van der Waals surface area contributed by atoms with Crippen molar-refractivity contribution < 1.29 is 0 Å². The Bertz CT molecular complexity index is 353. The fourth-order valence-corrected chi connectivity index (χ4v) is 2.11. The predicted molar refractivity (Wildman–Crippen MR) is 77.2 cm³/mol. The Kier molecular flexibility index (Phi) is 5.85. The molecule has 1 unspecified atom stereocenters. The number of aromatic nitrogens is 2. The van der Waals surface area contributed by atoms with Gasteiger partial charge in [-0.3, -0.25) is 0 Å². The predicted octanol–water partition coefficient (Wildman–Crippen LogP) is 1.68. The summed E-state index contributed by atoms with van der Waals surface area (Å²) in [7, 11) is 4.18. The lowest BCUT2D eigenvalue weighted by atomic mass is 10.2. The summed E-state index contributed by atoms with van der Waals surface area (Å²) in [5.41, 5.74) is 0. The number of likely N-dealkylation sites (N-methyl/N-ethyl adjacent to an activating group) is 2. The summed E-state index contributed by atoms with van der Waals surface area (Å²) in [5.74, 6) is 1.87. The SMILES string of the molecule is CCNc1cc(N(CC)C(C)CN(C)C)ncn1. The smallest absolute Gasteiger partial charge is 0.134 e. The quantitative estimate of drug-likeness (QED) is 0.799. The van der Waals surface area contributed by atoms with Gasteiger partial charge >= 0.3 is 0 Å². The second kappa shape index (κ2) is 7.16. The Morgan fingerprint density at radius 3 is 2.56 bits per heavy atom. The molecule has 0 aliphatic rings. The van der Waals surface area contributed by atoms with Crippen molar-refractivity contribution in [1.29, 1.82) is 0 Å². The molecule has 0 aliphatic carbocycles. The monoisotopic (exact) mass is 251 g/mol. The van der Waals surface area contributed by atoms with Crippen LogP contribution >= 0.6 is 0 Å². The first kappa shape index (κ1) is 14.7. The van der Waals surface area contributed by atoms with Crippen LogP contribution in [0.1, 0.15) is 20.8 Å². The zero-order valence-corrected chi connectivity index (χ0v) is 12.1. The van der Waals surface area contributed by atoms with Gasteiger partial charge in [-0.2, -0.15) is 0 Å². The number of nitrogens with zero attached hydrogens (tertiary/aromatic N) is 4. The van der Waals surface area contributed by atoms with Crippen LogP contribution in [0.25, 0.3) is 0 Å². The van der Waals surface area contributed by atoms with Crippen LogP contribution < -0.4 is 10.2 Å². The van der Waals surface area contributed by atoms with E-state index in [2.05, 4.69) is 60.0 Å². The van der Waals surface area contributed by atoms with Gasteiger partial charge in [0.1, 0.15) is 18.0 Å². The average molecular weight is 251 g/mol. The molecule has 5 heteroatoms. The van der Waals surface area contributed by atoms with Crippen LogP contribution in [0.2, 0.25) is 0 Å². The molecule has 0 saturated heterocycles. The van der Waals surface area contributed by atoms with Crippen LogP contribution in [0.5, 0.6) is 0 Å². The fraction of sp³-hybridized carbons (Fsp3) is 0.692.